The first-order chi connectivity index (χ1) is 10.1. The van der Waals surface area contributed by atoms with E-state index in [0.29, 0.717) is 11.7 Å². The number of benzene rings is 1. The van der Waals surface area contributed by atoms with Crippen molar-refractivity contribution in [3.63, 3.8) is 0 Å². The molecule has 4 nitrogen and oxygen atoms in total. The van der Waals surface area contributed by atoms with Crippen LogP contribution in [0.3, 0.4) is 0 Å². The lowest BCUT2D eigenvalue weighted by Crippen LogP contribution is -2.42. The van der Waals surface area contributed by atoms with Gasteiger partial charge in [-0.15, -0.1) is 0 Å². The molecule has 2 rings (SSSR count). The molecule has 1 aromatic carbocycles. The minimum Gasteiger partial charge on any atom is -0.466 e. The summed E-state index contributed by atoms with van der Waals surface area (Å²) < 4.78 is 17.9. The number of carbonyl (C=O) groups excluding carboxylic acids is 1. The predicted molar refractivity (Wildman–Crippen MR) is 83.6 cm³/mol. The largest absolute Gasteiger partial charge is 0.466 e. The molecular weight excluding hydrogens is 291 g/mol. The summed E-state index contributed by atoms with van der Waals surface area (Å²) in [6.45, 7) is 3.67. The van der Waals surface area contributed by atoms with E-state index in [1.807, 2.05) is 11.8 Å². The van der Waals surface area contributed by atoms with E-state index in [1.54, 1.807) is 12.1 Å². The molecule has 0 amide bonds. The molecule has 6 heteroatoms. The number of likely N-dealkylation sites (tertiary alicyclic amines) is 1. The van der Waals surface area contributed by atoms with Gasteiger partial charge in [0.15, 0.2) is 5.11 Å². The van der Waals surface area contributed by atoms with Crippen molar-refractivity contribution >= 4 is 29.0 Å². The zero-order chi connectivity index (χ0) is 15.2. The zero-order valence-corrected chi connectivity index (χ0v) is 12.8. The molecule has 1 aromatic rings. The number of esters is 1. The Hall–Kier alpha value is -1.69. The number of thiocarbonyl (C=S) groups is 1. The topological polar surface area (TPSA) is 41.6 Å². The van der Waals surface area contributed by atoms with E-state index >= 15 is 0 Å². The maximum Gasteiger partial charge on any atom is 0.309 e. The van der Waals surface area contributed by atoms with Crippen molar-refractivity contribution < 1.29 is 13.9 Å². The molecule has 0 bridgehead atoms. The third kappa shape index (κ3) is 4.39. The van der Waals surface area contributed by atoms with E-state index in [1.165, 1.54) is 12.1 Å². The molecule has 0 unspecified atom stereocenters. The van der Waals surface area contributed by atoms with Crippen LogP contribution >= 0.6 is 12.2 Å². The molecular formula is C15H19FN2O2S. The Morgan fingerprint density at radius 2 is 2.00 bits per heavy atom. The van der Waals surface area contributed by atoms with Gasteiger partial charge in [-0.3, -0.25) is 4.79 Å². The normalized spacial score (nSPS) is 15.6. The Kier molecular flexibility index (Phi) is 5.50. The van der Waals surface area contributed by atoms with E-state index < -0.39 is 0 Å². The number of hydrogen-bond donors (Lipinski definition) is 1. The molecule has 21 heavy (non-hydrogen) atoms. The first-order valence-electron chi connectivity index (χ1n) is 7.08. The van der Waals surface area contributed by atoms with Crippen LogP contribution in [-0.4, -0.2) is 35.7 Å². The summed E-state index contributed by atoms with van der Waals surface area (Å²) in [4.78, 5) is 13.7. The molecule has 1 fully saturated rings. The van der Waals surface area contributed by atoms with Crippen molar-refractivity contribution in [1.82, 2.24) is 4.90 Å². The van der Waals surface area contributed by atoms with Crippen molar-refractivity contribution in [3.05, 3.63) is 30.1 Å². The summed E-state index contributed by atoms with van der Waals surface area (Å²) in [6.07, 6.45) is 1.48. The summed E-state index contributed by atoms with van der Waals surface area (Å²) in [5.41, 5.74) is 0.758. The second kappa shape index (κ2) is 7.36. The molecule has 0 spiro atoms. The molecule has 1 aliphatic rings. The lowest BCUT2D eigenvalue weighted by molar-refractivity contribution is -0.149. The van der Waals surface area contributed by atoms with Gasteiger partial charge in [0.05, 0.1) is 12.5 Å². The molecule has 0 radical (unpaired) electrons. The van der Waals surface area contributed by atoms with Gasteiger partial charge >= 0.3 is 5.97 Å². The van der Waals surface area contributed by atoms with E-state index in [9.17, 15) is 9.18 Å². The Bertz CT molecular complexity index is 499. The fourth-order valence-corrected chi connectivity index (χ4v) is 2.61. The van der Waals surface area contributed by atoms with E-state index in [0.717, 1.165) is 31.6 Å². The van der Waals surface area contributed by atoms with Gasteiger partial charge in [0.1, 0.15) is 5.82 Å². The van der Waals surface area contributed by atoms with Crippen molar-refractivity contribution in [2.24, 2.45) is 5.92 Å². The average Bonchev–Trinajstić information content (AvgIpc) is 2.50. The predicted octanol–water partition coefficient (Wildman–Crippen LogP) is 2.80. The van der Waals surface area contributed by atoms with Gasteiger partial charge in [0, 0.05) is 18.8 Å². The molecule has 0 aliphatic carbocycles. The number of carbonyl (C=O) groups is 1. The number of piperidine rings is 1. The highest BCUT2D eigenvalue weighted by atomic mass is 32.1. The van der Waals surface area contributed by atoms with E-state index in [4.69, 9.17) is 17.0 Å². The van der Waals surface area contributed by atoms with Crippen LogP contribution in [0.25, 0.3) is 0 Å². The summed E-state index contributed by atoms with van der Waals surface area (Å²) in [6, 6.07) is 6.07. The summed E-state index contributed by atoms with van der Waals surface area (Å²) >= 11 is 5.35. The Balaban J connectivity index is 1.83. The van der Waals surface area contributed by atoms with Crippen LogP contribution in [0, 0.1) is 11.7 Å². The molecule has 1 heterocycles. The number of anilines is 1. The molecule has 0 aromatic heterocycles. The minimum absolute atomic E-state index is 0.0326. The van der Waals surface area contributed by atoms with Crippen molar-refractivity contribution in [2.75, 3.05) is 25.0 Å². The van der Waals surface area contributed by atoms with Crippen LogP contribution in [0.5, 0.6) is 0 Å². The summed E-state index contributed by atoms with van der Waals surface area (Å²) in [5.74, 6) is -0.425. The third-order valence-corrected chi connectivity index (χ3v) is 3.86. The van der Waals surface area contributed by atoms with Gasteiger partial charge in [-0.2, -0.15) is 0 Å². The van der Waals surface area contributed by atoms with Crippen LogP contribution < -0.4 is 5.32 Å². The Labute approximate surface area is 129 Å². The first kappa shape index (κ1) is 15.7. The van der Waals surface area contributed by atoms with Crippen LogP contribution in [0.2, 0.25) is 0 Å². The number of nitrogens with one attached hydrogen (secondary N) is 1. The molecule has 114 valence electrons. The fourth-order valence-electron chi connectivity index (χ4n) is 2.31. The van der Waals surface area contributed by atoms with Crippen LogP contribution in [0.15, 0.2) is 24.3 Å². The second-order valence-corrected chi connectivity index (χ2v) is 5.34. The van der Waals surface area contributed by atoms with Gasteiger partial charge in [0.2, 0.25) is 0 Å². The quantitative estimate of drug-likeness (QED) is 0.687. The first-order valence-corrected chi connectivity index (χ1v) is 7.49. The van der Waals surface area contributed by atoms with Gasteiger partial charge in [0.25, 0.3) is 0 Å². The van der Waals surface area contributed by atoms with Gasteiger partial charge in [-0.05, 0) is 56.2 Å². The highest BCUT2D eigenvalue weighted by Crippen LogP contribution is 2.20. The maximum absolute atomic E-state index is 12.8. The second-order valence-electron chi connectivity index (χ2n) is 4.95. The van der Waals surface area contributed by atoms with Crippen LogP contribution in [0.4, 0.5) is 10.1 Å². The minimum atomic E-state index is -0.276. The van der Waals surface area contributed by atoms with Gasteiger partial charge in [-0.1, -0.05) is 0 Å². The lowest BCUT2D eigenvalue weighted by atomic mass is 9.97. The third-order valence-electron chi connectivity index (χ3n) is 3.50. The van der Waals surface area contributed by atoms with Crippen LogP contribution in [0.1, 0.15) is 19.8 Å². The number of halogens is 1. The standard InChI is InChI=1S/C15H19FN2O2S/c1-2-20-14(19)11-7-9-18(10-8-11)15(21)17-13-5-3-12(16)4-6-13/h3-6,11H,2,7-10H2,1H3,(H,17,21). The molecule has 1 N–H and O–H groups in total. The van der Waals surface area contributed by atoms with Crippen molar-refractivity contribution in [1.29, 1.82) is 0 Å². The van der Waals surface area contributed by atoms with Gasteiger partial charge < -0.3 is 15.0 Å². The Morgan fingerprint density at radius 3 is 2.57 bits per heavy atom. The number of nitrogens with zero attached hydrogens (tertiary/aromatic N) is 1. The summed E-state index contributed by atoms with van der Waals surface area (Å²) in [5, 5.41) is 3.68. The molecule has 1 saturated heterocycles. The highest BCUT2D eigenvalue weighted by Gasteiger charge is 2.26. The fraction of sp³-hybridized carbons (Fsp3) is 0.467. The SMILES string of the molecule is CCOC(=O)C1CCN(C(=S)Nc2ccc(F)cc2)CC1. The van der Waals surface area contributed by atoms with Gasteiger partial charge in [-0.25, -0.2) is 4.39 Å². The Morgan fingerprint density at radius 1 is 1.38 bits per heavy atom. The monoisotopic (exact) mass is 310 g/mol. The zero-order valence-electron chi connectivity index (χ0n) is 12.0. The maximum atomic E-state index is 12.8. The molecule has 0 saturated carbocycles. The summed E-state index contributed by atoms with van der Waals surface area (Å²) in [7, 11) is 0. The van der Waals surface area contributed by atoms with Crippen molar-refractivity contribution in [3.8, 4) is 0 Å². The lowest BCUT2D eigenvalue weighted by Gasteiger charge is -2.32. The highest BCUT2D eigenvalue weighted by molar-refractivity contribution is 7.80. The number of ether oxygens (including phenoxy) is 1. The number of rotatable bonds is 3. The smallest absolute Gasteiger partial charge is 0.309 e. The van der Waals surface area contributed by atoms with E-state index in [-0.39, 0.29) is 17.7 Å². The van der Waals surface area contributed by atoms with Crippen molar-refractivity contribution in [2.45, 2.75) is 19.8 Å². The van der Waals surface area contributed by atoms with E-state index in [2.05, 4.69) is 5.32 Å². The molecule has 1 aliphatic heterocycles. The number of hydrogen-bond acceptors (Lipinski definition) is 3. The average molecular weight is 310 g/mol. The molecule has 0 atom stereocenters. The van der Waals surface area contributed by atoms with Crippen LogP contribution in [-0.2, 0) is 9.53 Å².